The smallest absolute Gasteiger partial charge is 0.291 e. The molecule has 0 bridgehead atoms. The van der Waals surface area contributed by atoms with Crippen LogP contribution < -0.4 is 15.4 Å². The number of benzene rings is 2. The Kier molecular flexibility index (Phi) is 6.11. The van der Waals surface area contributed by atoms with E-state index in [4.69, 9.17) is 9.15 Å². The van der Waals surface area contributed by atoms with E-state index in [1.165, 1.54) is 6.26 Å². The van der Waals surface area contributed by atoms with Crippen LogP contribution in [0.5, 0.6) is 5.75 Å². The third-order valence-electron chi connectivity index (χ3n) is 3.83. The molecule has 0 aliphatic rings. The van der Waals surface area contributed by atoms with Crippen molar-refractivity contribution >= 4 is 23.2 Å². The predicted octanol–water partition coefficient (Wildman–Crippen LogP) is 4.82. The Hall–Kier alpha value is -3.54. The summed E-state index contributed by atoms with van der Waals surface area (Å²) in [4.78, 5) is 24.4. The van der Waals surface area contributed by atoms with E-state index in [1.54, 1.807) is 54.6 Å². The van der Waals surface area contributed by atoms with Gasteiger partial charge in [-0.2, -0.15) is 0 Å². The molecule has 3 aromatic rings. The first kappa shape index (κ1) is 19.2. The highest BCUT2D eigenvalue weighted by atomic mass is 16.5. The second kappa shape index (κ2) is 8.90. The first-order valence-corrected chi connectivity index (χ1v) is 9.00. The lowest BCUT2D eigenvalue weighted by Crippen LogP contribution is -2.13. The van der Waals surface area contributed by atoms with Crippen molar-refractivity contribution in [3.8, 4) is 5.75 Å². The molecule has 0 saturated carbocycles. The molecular formula is C22H22N2O4. The first-order chi connectivity index (χ1) is 13.5. The second-order valence-electron chi connectivity index (χ2n) is 6.70. The molecule has 2 N–H and O–H groups in total. The van der Waals surface area contributed by atoms with Gasteiger partial charge in [0.1, 0.15) is 5.75 Å². The van der Waals surface area contributed by atoms with E-state index in [0.717, 1.165) is 0 Å². The molecule has 2 aromatic carbocycles. The van der Waals surface area contributed by atoms with Gasteiger partial charge in [-0.3, -0.25) is 9.59 Å². The first-order valence-electron chi connectivity index (χ1n) is 9.00. The number of ether oxygens (including phenoxy) is 1. The van der Waals surface area contributed by atoms with Crippen molar-refractivity contribution in [1.29, 1.82) is 0 Å². The minimum absolute atomic E-state index is 0.233. The summed E-state index contributed by atoms with van der Waals surface area (Å²) in [7, 11) is 0. The molecule has 0 spiro atoms. The summed E-state index contributed by atoms with van der Waals surface area (Å²) in [6, 6.07) is 17.2. The SMILES string of the molecule is CC(C)COc1cccc(C(=O)Nc2ccc(NC(=O)c3ccco3)cc2)c1. The quantitative estimate of drug-likeness (QED) is 0.618. The van der Waals surface area contributed by atoms with Crippen LogP contribution in [-0.2, 0) is 0 Å². The Balaban J connectivity index is 1.60. The molecule has 2 amide bonds. The number of rotatable bonds is 7. The summed E-state index contributed by atoms with van der Waals surface area (Å²) < 4.78 is 10.7. The fourth-order valence-corrected chi connectivity index (χ4v) is 2.43. The van der Waals surface area contributed by atoms with E-state index in [9.17, 15) is 9.59 Å². The molecule has 0 atom stereocenters. The predicted molar refractivity (Wildman–Crippen MR) is 108 cm³/mol. The zero-order chi connectivity index (χ0) is 19.9. The molecule has 144 valence electrons. The summed E-state index contributed by atoms with van der Waals surface area (Å²) in [5.41, 5.74) is 1.73. The fraction of sp³-hybridized carbons (Fsp3) is 0.182. The van der Waals surface area contributed by atoms with Gasteiger partial charge in [0.15, 0.2) is 5.76 Å². The Bertz CT molecular complexity index is 931. The second-order valence-corrected chi connectivity index (χ2v) is 6.70. The Morgan fingerprint density at radius 2 is 1.61 bits per heavy atom. The van der Waals surface area contributed by atoms with Crippen LogP contribution in [0.2, 0.25) is 0 Å². The van der Waals surface area contributed by atoms with Gasteiger partial charge in [-0.15, -0.1) is 0 Å². The van der Waals surface area contributed by atoms with Gasteiger partial charge in [0.2, 0.25) is 0 Å². The lowest BCUT2D eigenvalue weighted by molar-refractivity contribution is 0.0994. The average Bonchev–Trinajstić information content (AvgIpc) is 3.23. The third kappa shape index (κ3) is 5.23. The Morgan fingerprint density at radius 3 is 2.21 bits per heavy atom. The normalized spacial score (nSPS) is 10.5. The van der Waals surface area contributed by atoms with E-state index < -0.39 is 0 Å². The Morgan fingerprint density at radius 1 is 0.929 bits per heavy atom. The molecule has 0 aliphatic heterocycles. The third-order valence-corrected chi connectivity index (χ3v) is 3.83. The van der Waals surface area contributed by atoms with Gasteiger partial charge in [-0.1, -0.05) is 19.9 Å². The number of hydrogen-bond donors (Lipinski definition) is 2. The maximum atomic E-state index is 12.5. The van der Waals surface area contributed by atoms with Crippen LogP contribution in [-0.4, -0.2) is 18.4 Å². The Labute approximate surface area is 163 Å². The number of amides is 2. The van der Waals surface area contributed by atoms with Gasteiger partial charge in [-0.25, -0.2) is 0 Å². The van der Waals surface area contributed by atoms with Crippen molar-refractivity contribution in [1.82, 2.24) is 0 Å². The highest BCUT2D eigenvalue weighted by molar-refractivity contribution is 6.05. The average molecular weight is 378 g/mol. The molecule has 0 aliphatic carbocycles. The zero-order valence-corrected chi connectivity index (χ0v) is 15.8. The van der Waals surface area contributed by atoms with E-state index in [0.29, 0.717) is 35.2 Å². The van der Waals surface area contributed by atoms with Crippen molar-refractivity contribution in [3.63, 3.8) is 0 Å². The number of furan rings is 1. The van der Waals surface area contributed by atoms with E-state index >= 15 is 0 Å². The topological polar surface area (TPSA) is 80.6 Å². The molecule has 28 heavy (non-hydrogen) atoms. The summed E-state index contributed by atoms with van der Waals surface area (Å²) in [5.74, 6) is 0.737. The van der Waals surface area contributed by atoms with Gasteiger partial charge in [-0.05, 0) is 60.5 Å². The molecule has 6 heteroatoms. The monoisotopic (exact) mass is 378 g/mol. The van der Waals surface area contributed by atoms with Crippen LogP contribution in [0.3, 0.4) is 0 Å². The van der Waals surface area contributed by atoms with Crippen LogP contribution in [0, 0.1) is 5.92 Å². The number of hydrogen-bond acceptors (Lipinski definition) is 4. The standard InChI is InChI=1S/C22H22N2O4/c1-15(2)14-28-19-6-3-5-16(13-19)21(25)23-17-8-10-18(11-9-17)24-22(26)20-7-4-12-27-20/h3-13,15H,14H2,1-2H3,(H,23,25)(H,24,26). The van der Waals surface area contributed by atoms with Crippen molar-refractivity contribution in [2.45, 2.75) is 13.8 Å². The highest BCUT2D eigenvalue weighted by Gasteiger charge is 2.10. The zero-order valence-electron chi connectivity index (χ0n) is 15.8. The number of carbonyl (C=O) groups is 2. The van der Waals surface area contributed by atoms with Gasteiger partial charge < -0.3 is 19.8 Å². The van der Waals surface area contributed by atoms with Crippen LogP contribution in [0.15, 0.2) is 71.3 Å². The molecule has 0 saturated heterocycles. The van der Waals surface area contributed by atoms with Gasteiger partial charge in [0, 0.05) is 16.9 Å². The van der Waals surface area contributed by atoms with Crippen molar-refractivity contribution in [2.75, 3.05) is 17.2 Å². The lowest BCUT2D eigenvalue weighted by atomic mass is 10.2. The summed E-state index contributed by atoms with van der Waals surface area (Å²) in [6.45, 7) is 4.73. The van der Waals surface area contributed by atoms with Gasteiger partial charge in [0.05, 0.1) is 12.9 Å². The molecule has 6 nitrogen and oxygen atoms in total. The van der Waals surface area contributed by atoms with Crippen LogP contribution in [0.1, 0.15) is 34.8 Å². The molecule has 0 unspecified atom stereocenters. The molecule has 3 rings (SSSR count). The van der Waals surface area contributed by atoms with E-state index in [-0.39, 0.29) is 17.6 Å². The van der Waals surface area contributed by atoms with Gasteiger partial charge in [0.25, 0.3) is 11.8 Å². The molecule has 1 heterocycles. The van der Waals surface area contributed by atoms with E-state index in [2.05, 4.69) is 24.5 Å². The lowest BCUT2D eigenvalue weighted by Gasteiger charge is -2.10. The minimum atomic E-state index is -0.333. The van der Waals surface area contributed by atoms with Crippen LogP contribution in [0.4, 0.5) is 11.4 Å². The molecular weight excluding hydrogens is 356 g/mol. The summed E-state index contributed by atoms with van der Waals surface area (Å²) >= 11 is 0. The van der Waals surface area contributed by atoms with Crippen LogP contribution in [0.25, 0.3) is 0 Å². The maximum Gasteiger partial charge on any atom is 0.291 e. The largest absolute Gasteiger partial charge is 0.493 e. The maximum absolute atomic E-state index is 12.5. The van der Waals surface area contributed by atoms with E-state index in [1.807, 2.05) is 6.07 Å². The fourth-order valence-electron chi connectivity index (χ4n) is 2.43. The number of anilines is 2. The summed E-state index contributed by atoms with van der Waals surface area (Å²) in [6.07, 6.45) is 1.44. The van der Waals surface area contributed by atoms with Crippen molar-refractivity contribution in [3.05, 3.63) is 78.3 Å². The molecule has 0 fully saturated rings. The van der Waals surface area contributed by atoms with Crippen LogP contribution >= 0.6 is 0 Å². The van der Waals surface area contributed by atoms with Gasteiger partial charge >= 0.3 is 0 Å². The summed E-state index contributed by atoms with van der Waals surface area (Å²) in [5, 5.41) is 5.56. The number of carbonyl (C=O) groups excluding carboxylic acids is 2. The highest BCUT2D eigenvalue weighted by Crippen LogP contribution is 2.18. The molecule has 1 aromatic heterocycles. The van der Waals surface area contributed by atoms with Crippen molar-refractivity contribution in [2.24, 2.45) is 5.92 Å². The minimum Gasteiger partial charge on any atom is -0.493 e. The van der Waals surface area contributed by atoms with Crippen molar-refractivity contribution < 1.29 is 18.7 Å². The molecule has 0 radical (unpaired) electrons. The number of nitrogens with one attached hydrogen (secondary N) is 2.